The van der Waals surface area contributed by atoms with Crippen LogP contribution in [0.1, 0.15) is 20.8 Å². The molecule has 3 rings (SSSR count). The summed E-state index contributed by atoms with van der Waals surface area (Å²) in [4.78, 5) is 25.7. The highest BCUT2D eigenvalue weighted by molar-refractivity contribution is 7.99. The van der Waals surface area contributed by atoms with Crippen LogP contribution in [0.25, 0.3) is 10.9 Å². The number of hydrogen-bond donors (Lipinski definition) is 2. The zero-order valence-electron chi connectivity index (χ0n) is 19.1. The SMILES string of the molecule is CC(C)(C)OC(=O)N[C@H]1CSc2cc3c(cnn3COCC[Si](C)(C)C)cc2NC1=O. The van der Waals surface area contributed by atoms with Gasteiger partial charge in [0.2, 0.25) is 5.91 Å². The molecule has 0 aliphatic carbocycles. The first-order valence-electron chi connectivity index (χ1n) is 10.4. The molecular formula is C21H32N4O4SSi. The molecule has 2 heterocycles. The van der Waals surface area contributed by atoms with E-state index in [4.69, 9.17) is 9.47 Å². The van der Waals surface area contributed by atoms with Crippen LogP contribution in [0, 0.1) is 0 Å². The van der Waals surface area contributed by atoms with Crippen LogP contribution in [-0.4, -0.2) is 53.9 Å². The van der Waals surface area contributed by atoms with Crippen LogP contribution in [0.4, 0.5) is 10.5 Å². The number of amides is 2. The number of nitrogens with one attached hydrogen (secondary N) is 2. The summed E-state index contributed by atoms with van der Waals surface area (Å²) in [5, 5.41) is 10.9. The number of rotatable bonds is 6. The summed E-state index contributed by atoms with van der Waals surface area (Å²) in [6, 6.07) is 4.35. The van der Waals surface area contributed by atoms with Crippen LogP contribution in [0.15, 0.2) is 23.2 Å². The smallest absolute Gasteiger partial charge is 0.408 e. The first-order valence-corrected chi connectivity index (χ1v) is 15.1. The fourth-order valence-electron chi connectivity index (χ4n) is 2.98. The van der Waals surface area contributed by atoms with Gasteiger partial charge in [0.1, 0.15) is 18.4 Å². The number of carbonyl (C=O) groups excluding carboxylic acids is 2. The minimum Gasteiger partial charge on any atom is -0.444 e. The molecule has 0 unspecified atom stereocenters. The van der Waals surface area contributed by atoms with Gasteiger partial charge in [0.15, 0.2) is 0 Å². The Hall–Kier alpha value is -2.04. The molecule has 0 spiro atoms. The summed E-state index contributed by atoms with van der Waals surface area (Å²) < 4.78 is 13.0. The normalized spacial score (nSPS) is 17.1. The van der Waals surface area contributed by atoms with Crippen molar-refractivity contribution in [3.05, 3.63) is 18.3 Å². The number of nitrogens with zero attached hydrogens (tertiary/aromatic N) is 2. The third-order valence-corrected chi connectivity index (χ3v) is 7.48. The molecule has 8 nitrogen and oxygen atoms in total. The van der Waals surface area contributed by atoms with E-state index in [1.807, 2.05) is 16.8 Å². The van der Waals surface area contributed by atoms with Crippen LogP contribution >= 0.6 is 11.8 Å². The Labute approximate surface area is 188 Å². The van der Waals surface area contributed by atoms with E-state index in [0.717, 1.165) is 34.1 Å². The van der Waals surface area contributed by atoms with Gasteiger partial charge in [-0.3, -0.25) is 4.79 Å². The third kappa shape index (κ3) is 6.72. The van der Waals surface area contributed by atoms with Gasteiger partial charge in [-0.25, -0.2) is 9.48 Å². The predicted octanol–water partition coefficient (Wildman–Crippen LogP) is 4.29. The van der Waals surface area contributed by atoms with E-state index in [9.17, 15) is 9.59 Å². The molecule has 0 saturated heterocycles. The fraction of sp³-hybridized carbons (Fsp3) is 0.571. The maximum atomic E-state index is 12.6. The van der Waals surface area contributed by atoms with Crippen molar-refractivity contribution in [2.45, 2.75) is 69.7 Å². The average molecular weight is 465 g/mol. The van der Waals surface area contributed by atoms with Crippen molar-refractivity contribution in [1.82, 2.24) is 15.1 Å². The van der Waals surface area contributed by atoms with Gasteiger partial charge in [-0.15, -0.1) is 11.8 Å². The standard InChI is InChI=1S/C21H32N4O4SSi/c1-21(2,3)29-20(27)24-16-12-30-18-10-17-14(9-15(18)23-19(16)26)11-22-25(17)13-28-7-8-31(4,5)6/h9-11,16H,7-8,12-13H2,1-6H3,(H,23,26)(H,24,27)/t16-/m0/s1. The topological polar surface area (TPSA) is 94.5 Å². The van der Waals surface area contributed by atoms with Gasteiger partial charge >= 0.3 is 6.09 Å². The number of aromatic nitrogens is 2. The molecule has 1 aliphatic heterocycles. The number of ether oxygens (including phenoxy) is 2. The number of thioether (sulfide) groups is 1. The van der Waals surface area contributed by atoms with Gasteiger partial charge in [-0.1, -0.05) is 19.6 Å². The van der Waals surface area contributed by atoms with Crippen molar-refractivity contribution in [2.75, 3.05) is 17.7 Å². The quantitative estimate of drug-likeness (QED) is 0.489. The van der Waals surface area contributed by atoms with Crippen molar-refractivity contribution in [3.63, 3.8) is 0 Å². The summed E-state index contributed by atoms with van der Waals surface area (Å²) in [6.07, 6.45) is 1.17. The Bertz CT molecular complexity index is 965. The lowest BCUT2D eigenvalue weighted by Crippen LogP contribution is -2.46. The highest BCUT2D eigenvalue weighted by Crippen LogP contribution is 2.34. The monoisotopic (exact) mass is 464 g/mol. The molecule has 1 atom stereocenters. The zero-order valence-corrected chi connectivity index (χ0v) is 20.9. The van der Waals surface area contributed by atoms with E-state index >= 15 is 0 Å². The minimum absolute atomic E-state index is 0.265. The van der Waals surface area contributed by atoms with Crippen LogP contribution in [0.2, 0.25) is 25.7 Å². The van der Waals surface area contributed by atoms with Crippen molar-refractivity contribution in [2.24, 2.45) is 0 Å². The largest absolute Gasteiger partial charge is 0.444 e. The van der Waals surface area contributed by atoms with Crippen LogP contribution in [-0.2, 0) is 21.0 Å². The Morgan fingerprint density at radius 2 is 2.10 bits per heavy atom. The maximum Gasteiger partial charge on any atom is 0.408 e. The molecule has 2 amide bonds. The minimum atomic E-state index is -1.13. The Balaban J connectivity index is 1.69. The van der Waals surface area contributed by atoms with Gasteiger partial charge in [-0.2, -0.15) is 5.10 Å². The van der Waals surface area contributed by atoms with Crippen LogP contribution in [0.5, 0.6) is 0 Å². The lowest BCUT2D eigenvalue weighted by atomic mass is 10.2. The van der Waals surface area contributed by atoms with Crippen molar-refractivity contribution >= 4 is 48.4 Å². The first kappa shape index (κ1) is 23.6. The highest BCUT2D eigenvalue weighted by Gasteiger charge is 2.28. The molecule has 0 radical (unpaired) electrons. The first-order chi connectivity index (χ1) is 14.4. The summed E-state index contributed by atoms with van der Waals surface area (Å²) in [5.41, 5.74) is 1.05. The number of carbonyl (C=O) groups is 2. The van der Waals surface area contributed by atoms with E-state index in [1.165, 1.54) is 11.8 Å². The second kappa shape index (κ2) is 9.21. The second-order valence-electron chi connectivity index (χ2n) is 9.90. The summed E-state index contributed by atoms with van der Waals surface area (Å²) in [5.74, 6) is 0.142. The maximum absolute atomic E-state index is 12.6. The molecule has 0 saturated carbocycles. The van der Waals surface area contributed by atoms with E-state index in [1.54, 1.807) is 27.0 Å². The van der Waals surface area contributed by atoms with Gasteiger partial charge in [-0.05, 0) is 38.9 Å². The Kier molecular flexibility index (Phi) is 7.02. The zero-order chi connectivity index (χ0) is 22.8. The van der Waals surface area contributed by atoms with Crippen molar-refractivity contribution in [1.29, 1.82) is 0 Å². The molecule has 170 valence electrons. The second-order valence-corrected chi connectivity index (χ2v) is 16.6. The number of benzene rings is 1. The van der Waals surface area contributed by atoms with Gasteiger partial charge in [0.05, 0.1) is 17.4 Å². The molecule has 1 aromatic heterocycles. The number of anilines is 1. The lowest BCUT2D eigenvalue weighted by Gasteiger charge is -2.22. The summed E-state index contributed by atoms with van der Waals surface area (Å²) in [7, 11) is -1.13. The van der Waals surface area contributed by atoms with E-state index in [2.05, 4.69) is 35.4 Å². The molecule has 0 bridgehead atoms. The van der Waals surface area contributed by atoms with Crippen molar-refractivity contribution in [3.8, 4) is 0 Å². The van der Waals surface area contributed by atoms with Crippen LogP contribution < -0.4 is 10.6 Å². The summed E-state index contributed by atoms with van der Waals surface area (Å²) in [6.45, 7) is 13.5. The van der Waals surface area contributed by atoms with Gasteiger partial charge < -0.3 is 20.1 Å². The molecule has 10 heteroatoms. The van der Waals surface area contributed by atoms with E-state index in [-0.39, 0.29) is 5.91 Å². The number of hydrogen-bond acceptors (Lipinski definition) is 6. The van der Waals surface area contributed by atoms with Gasteiger partial charge in [0, 0.05) is 30.7 Å². The van der Waals surface area contributed by atoms with E-state index in [0.29, 0.717) is 12.5 Å². The average Bonchev–Trinajstić information content (AvgIpc) is 2.94. The van der Waals surface area contributed by atoms with Gasteiger partial charge in [0.25, 0.3) is 0 Å². The number of alkyl carbamates (subject to hydrolysis) is 1. The third-order valence-electron chi connectivity index (χ3n) is 4.62. The predicted molar refractivity (Wildman–Crippen MR) is 126 cm³/mol. The molecule has 1 aliphatic rings. The molecular weight excluding hydrogens is 432 g/mol. The molecule has 1 aromatic carbocycles. The molecule has 0 fully saturated rings. The lowest BCUT2D eigenvalue weighted by molar-refractivity contribution is -0.117. The highest BCUT2D eigenvalue weighted by atomic mass is 32.2. The molecule has 31 heavy (non-hydrogen) atoms. The fourth-order valence-corrected chi connectivity index (χ4v) is 4.78. The Morgan fingerprint density at radius 3 is 2.77 bits per heavy atom. The molecule has 2 N–H and O–H groups in total. The number of fused-ring (bicyclic) bond motifs is 2. The molecule has 2 aromatic rings. The van der Waals surface area contributed by atoms with E-state index < -0.39 is 25.8 Å². The van der Waals surface area contributed by atoms with Crippen molar-refractivity contribution < 1.29 is 19.1 Å². The van der Waals surface area contributed by atoms with Crippen LogP contribution in [0.3, 0.4) is 0 Å². The Morgan fingerprint density at radius 1 is 1.35 bits per heavy atom. The summed E-state index contributed by atoms with van der Waals surface area (Å²) >= 11 is 1.51.